The Labute approximate surface area is 118 Å². The third-order valence-electron chi connectivity index (χ3n) is 3.60. The second-order valence-electron chi connectivity index (χ2n) is 5.11. The van der Waals surface area contributed by atoms with Crippen LogP contribution in [0.1, 0.15) is 36.7 Å². The summed E-state index contributed by atoms with van der Waals surface area (Å²) in [7, 11) is 0. The van der Waals surface area contributed by atoms with E-state index in [0.29, 0.717) is 12.2 Å². The third-order valence-corrected chi connectivity index (χ3v) is 3.60. The molecule has 1 fully saturated rings. The Morgan fingerprint density at radius 2 is 2.29 bits per heavy atom. The molecule has 1 heterocycles. The van der Waals surface area contributed by atoms with Crippen molar-refractivity contribution in [1.29, 1.82) is 0 Å². The van der Waals surface area contributed by atoms with Gasteiger partial charge in [-0.15, -0.1) is 10.2 Å². The number of aromatic nitrogens is 4. The Morgan fingerprint density at radius 3 is 3.00 bits per heavy atom. The van der Waals surface area contributed by atoms with E-state index in [1.54, 1.807) is 6.92 Å². The lowest BCUT2D eigenvalue weighted by Crippen LogP contribution is -2.29. The molecule has 0 bridgehead atoms. The number of hydrogen-bond donors (Lipinski definition) is 2. The van der Waals surface area contributed by atoms with Gasteiger partial charge < -0.3 is 5.32 Å². The van der Waals surface area contributed by atoms with E-state index in [1.807, 2.05) is 0 Å². The van der Waals surface area contributed by atoms with Crippen LogP contribution >= 0.6 is 0 Å². The first-order valence-corrected chi connectivity index (χ1v) is 6.55. The van der Waals surface area contributed by atoms with E-state index in [9.17, 15) is 13.6 Å². The predicted octanol–water partition coefficient (Wildman–Crippen LogP) is 1.46. The largest absolute Gasteiger partial charge is 0.349 e. The number of rotatable bonds is 4. The molecule has 0 saturated heterocycles. The number of tetrazole rings is 1. The third kappa shape index (κ3) is 2.74. The Bertz CT molecular complexity index is 661. The number of halogens is 2. The van der Waals surface area contributed by atoms with Crippen LogP contribution in [0.15, 0.2) is 18.2 Å². The van der Waals surface area contributed by atoms with E-state index in [-0.39, 0.29) is 23.3 Å². The maximum Gasteiger partial charge on any atom is 0.224 e. The molecule has 1 aliphatic rings. The topological polar surface area (TPSA) is 83.6 Å². The van der Waals surface area contributed by atoms with Crippen molar-refractivity contribution in [3.05, 3.63) is 41.2 Å². The van der Waals surface area contributed by atoms with Gasteiger partial charge in [-0.3, -0.25) is 4.79 Å². The minimum Gasteiger partial charge on any atom is -0.349 e. The van der Waals surface area contributed by atoms with Gasteiger partial charge in [0.15, 0.2) is 5.82 Å². The number of amides is 1. The number of benzene rings is 1. The Hall–Kier alpha value is -2.38. The van der Waals surface area contributed by atoms with E-state index < -0.39 is 17.7 Å². The molecule has 1 aromatic heterocycles. The molecule has 1 aromatic carbocycles. The van der Waals surface area contributed by atoms with E-state index in [2.05, 4.69) is 25.9 Å². The zero-order valence-electron chi connectivity index (χ0n) is 11.2. The van der Waals surface area contributed by atoms with E-state index in [1.165, 1.54) is 0 Å². The molecular formula is C13H13F2N5O. The molecule has 6 nitrogen and oxygen atoms in total. The first kappa shape index (κ1) is 13.6. The van der Waals surface area contributed by atoms with Crippen molar-refractivity contribution in [1.82, 2.24) is 25.9 Å². The number of hydrogen-bond acceptors (Lipinski definition) is 4. The highest BCUT2D eigenvalue weighted by Crippen LogP contribution is 2.46. The fourth-order valence-corrected chi connectivity index (χ4v) is 2.34. The van der Waals surface area contributed by atoms with Gasteiger partial charge in [0.1, 0.15) is 11.6 Å². The smallest absolute Gasteiger partial charge is 0.224 e. The minimum absolute atomic E-state index is 0.0618. The van der Waals surface area contributed by atoms with Crippen molar-refractivity contribution in [3.8, 4) is 0 Å². The van der Waals surface area contributed by atoms with Crippen LogP contribution in [-0.2, 0) is 4.79 Å². The molecule has 1 aliphatic carbocycles. The van der Waals surface area contributed by atoms with Crippen LogP contribution in [0.4, 0.5) is 8.78 Å². The maximum atomic E-state index is 13.6. The van der Waals surface area contributed by atoms with Crippen LogP contribution in [0.3, 0.4) is 0 Å². The number of nitrogens with one attached hydrogen (secondary N) is 2. The Morgan fingerprint density at radius 1 is 1.48 bits per heavy atom. The molecule has 1 amide bonds. The predicted molar refractivity (Wildman–Crippen MR) is 67.9 cm³/mol. The standard InChI is InChI=1S/C13H13F2N5O/c1-6(8-4-7(14)2-3-11(8)15)16-13(21)10-5-9(10)12-17-19-20-18-12/h2-4,6,9-10H,5H2,1H3,(H,16,21)(H,17,18,19,20)/t6-,9-,10+/m0/s1. The van der Waals surface area contributed by atoms with Gasteiger partial charge in [0.25, 0.3) is 0 Å². The molecule has 0 spiro atoms. The van der Waals surface area contributed by atoms with Crippen LogP contribution in [0, 0.1) is 17.6 Å². The quantitative estimate of drug-likeness (QED) is 0.894. The van der Waals surface area contributed by atoms with Crippen LogP contribution in [-0.4, -0.2) is 26.5 Å². The lowest BCUT2D eigenvalue weighted by Gasteiger charge is -2.15. The molecule has 110 valence electrons. The van der Waals surface area contributed by atoms with Crippen molar-refractivity contribution in [3.63, 3.8) is 0 Å². The highest BCUT2D eigenvalue weighted by atomic mass is 19.1. The molecule has 21 heavy (non-hydrogen) atoms. The average Bonchev–Trinajstić information content (AvgIpc) is 3.08. The SMILES string of the molecule is C[C@H](NC(=O)[C@@H]1C[C@@H]1c1nn[nH]n1)c1cc(F)ccc1F. The van der Waals surface area contributed by atoms with Crippen molar-refractivity contribution in [2.24, 2.45) is 5.92 Å². The molecule has 0 radical (unpaired) electrons. The molecular weight excluding hydrogens is 280 g/mol. The van der Waals surface area contributed by atoms with Crippen LogP contribution in [0.5, 0.6) is 0 Å². The highest BCUT2D eigenvalue weighted by molar-refractivity contribution is 5.83. The molecule has 8 heteroatoms. The summed E-state index contributed by atoms with van der Waals surface area (Å²) in [4.78, 5) is 12.1. The first-order chi connectivity index (χ1) is 10.1. The van der Waals surface area contributed by atoms with Crippen molar-refractivity contribution in [2.75, 3.05) is 0 Å². The summed E-state index contributed by atoms with van der Waals surface area (Å²) in [6, 6.07) is 2.57. The van der Waals surface area contributed by atoms with E-state index >= 15 is 0 Å². The van der Waals surface area contributed by atoms with Crippen LogP contribution in [0.2, 0.25) is 0 Å². The summed E-state index contributed by atoms with van der Waals surface area (Å²) in [5, 5.41) is 16.1. The van der Waals surface area contributed by atoms with Gasteiger partial charge in [-0.1, -0.05) is 5.21 Å². The van der Waals surface area contributed by atoms with Gasteiger partial charge in [0.05, 0.1) is 6.04 Å². The number of carbonyl (C=O) groups excluding carboxylic acids is 1. The number of nitrogens with zero attached hydrogens (tertiary/aromatic N) is 3. The average molecular weight is 293 g/mol. The zero-order chi connectivity index (χ0) is 15.0. The van der Waals surface area contributed by atoms with Crippen LogP contribution in [0.25, 0.3) is 0 Å². The normalized spacial score (nSPS) is 21.9. The first-order valence-electron chi connectivity index (χ1n) is 6.55. The van der Waals surface area contributed by atoms with Gasteiger partial charge in [-0.2, -0.15) is 5.21 Å². The highest BCUT2D eigenvalue weighted by Gasteiger charge is 2.47. The summed E-state index contributed by atoms with van der Waals surface area (Å²) >= 11 is 0. The zero-order valence-corrected chi connectivity index (χ0v) is 11.2. The lowest BCUT2D eigenvalue weighted by atomic mass is 10.1. The number of aromatic amines is 1. The van der Waals surface area contributed by atoms with Gasteiger partial charge >= 0.3 is 0 Å². The molecule has 1 saturated carbocycles. The number of carbonyl (C=O) groups is 1. The van der Waals surface area contributed by atoms with Gasteiger partial charge in [0.2, 0.25) is 5.91 Å². The maximum absolute atomic E-state index is 13.6. The van der Waals surface area contributed by atoms with Crippen molar-refractivity contribution >= 4 is 5.91 Å². The summed E-state index contributed by atoms with van der Waals surface area (Å²) in [6.07, 6.45) is 0.629. The molecule has 2 aromatic rings. The summed E-state index contributed by atoms with van der Waals surface area (Å²) in [6.45, 7) is 1.61. The van der Waals surface area contributed by atoms with E-state index in [0.717, 1.165) is 18.2 Å². The molecule has 3 rings (SSSR count). The minimum atomic E-state index is -0.611. The van der Waals surface area contributed by atoms with Gasteiger partial charge in [0, 0.05) is 17.4 Å². The number of H-pyrrole nitrogens is 1. The van der Waals surface area contributed by atoms with Gasteiger partial charge in [-0.05, 0) is 31.5 Å². The monoisotopic (exact) mass is 293 g/mol. The second kappa shape index (κ2) is 5.19. The summed E-state index contributed by atoms with van der Waals surface area (Å²) < 4.78 is 26.8. The molecule has 3 atom stereocenters. The van der Waals surface area contributed by atoms with Crippen molar-refractivity contribution < 1.29 is 13.6 Å². The fraction of sp³-hybridized carbons (Fsp3) is 0.385. The van der Waals surface area contributed by atoms with Crippen molar-refractivity contribution in [2.45, 2.75) is 25.3 Å². The molecule has 0 aliphatic heterocycles. The molecule has 2 N–H and O–H groups in total. The van der Waals surface area contributed by atoms with E-state index in [4.69, 9.17) is 0 Å². The Balaban J connectivity index is 1.64. The summed E-state index contributed by atoms with van der Waals surface area (Å²) in [5.41, 5.74) is 0.125. The van der Waals surface area contributed by atoms with Gasteiger partial charge in [-0.25, -0.2) is 8.78 Å². The van der Waals surface area contributed by atoms with Crippen LogP contribution < -0.4 is 5.32 Å². The Kier molecular flexibility index (Phi) is 3.36. The fourth-order valence-electron chi connectivity index (χ4n) is 2.34. The second-order valence-corrected chi connectivity index (χ2v) is 5.11. The summed E-state index contributed by atoms with van der Waals surface area (Å²) in [5.74, 6) is -1.12. The lowest BCUT2D eigenvalue weighted by molar-refractivity contribution is -0.123. The molecule has 0 unspecified atom stereocenters.